The molecule has 1 unspecified atom stereocenters. The zero-order valence-electron chi connectivity index (χ0n) is 10.9. The van der Waals surface area contributed by atoms with Gasteiger partial charge in [-0.25, -0.2) is 0 Å². The molecule has 1 aromatic rings. The highest BCUT2D eigenvalue weighted by Gasteiger charge is 2.48. The lowest BCUT2D eigenvalue weighted by Gasteiger charge is -2.32. The average molecular weight is 248 g/mol. The van der Waals surface area contributed by atoms with Gasteiger partial charge in [-0.2, -0.15) is 0 Å². The largest absolute Gasteiger partial charge is 0.495 e. The second kappa shape index (κ2) is 4.88. The second-order valence-electron chi connectivity index (χ2n) is 4.79. The summed E-state index contributed by atoms with van der Waals surface area (Å²) in [6, 6.07) is 7.60. The van der Waals surface area contributed by atoms with Crippen molar-refractivity contribution in [1.82, 2.24) is 0 Å². The highest BCUT2D eigenvalue weighted by atomic mass is 16.5. The molecule has 1 fully saturated rings. The number of methoxy groups -OCH3 is 1. The fourth-order valence-electron chi connectivity index (χ4n) is 2.48. The molecular formula is C14H20N2O2. The third kappa shape index (κ3) is 2.15. The molecule has 1 atom stereocenters. The molecule has 1 saturated carbocycles. The lowest BCUT2D eigenvalue weighted by atomic mass is 9.88. The fourth-order valence-corrected chi connectivity index (χ4v) is 2.48. The molecule has 4 heteroatoms. The van der Waals surface area contributed by atoms with Crippen molar-refractivity contribution < 1.29 is 9.53 Å². The van der Waals surface area contributed by atoms with Crippen LogP contribution < -0.4 is 15.8 Å². The standard InChI is InChI=1S/C14H20N2O2/c1-3-14(13(15)17,10-8-9-10)16-11-6-4-5-7-12(11)18-2/h4-7,10,16H,3,8-9H2,1-2H3,(H2,15,17). The van der Waals surface area contributed by atoms with Gasteiger partial charge in [-0.15, -0.1) is 0 Å². The molecule has 0 aromatic heterocycles. The van der Waals surface area contributed by atoms with Gasteiger partial charge in [-0.3, -0.25) is 4.79 Å². The number of hydrogen-bond donors (Lipinski definition) is 2. The molecule has 0 aliphatic heterocycles. The van der Waals surface area contributed by atoms with Crippen LogP contribution in [0.4, 0.5) is 5.69 Å². The molecule has 0 saturated heterocycles. The van der Waals surface area contributed by atoms with Crippen LogP contribution in [0.15, 0.2) is 24.3 Å². The molecule has 0 heterocycles. The highest BCUT2D eigenvalue weighted by Crippen LogP contribution is 2.44. The predicted molar refractivity (Wildman–Crippen MR) is 71.6 cm³/mol. The van der Waals surface area contributed by atoms with Gasteiger partial charge in [-0.1, -0.05) is 19.1 Å². The topological polar surface area (TPSA) is 64.3 Å². The van der Waals surface area contributed by atoms with Gasteiger partial charge in [0.1, 0.15) is 11.3 Å². The molecule has 0 radical (unpaired) electrons. The van der Waals surface area contributed by atoms with Crippen molar-refractivity contribution in [3.8, 4) is 5.75 Å². The van der Waals surface area contributed by atoms with Crippen molar-refractivity contribution >= 4 is 11.6 Å². The van der Waals surface area contributed by atoms with Gasteiger partial charge in [-0.05, 0) is 37.3 Å². The number of primary amides is 1. The molecule has 0 spiro atoms. The first-order chi connectivity index (χ1) is 8.64. The highest BCUT2D eigenvalue weighted by molar-refractivity contribution is 5.89. The number of benzene rings is 1. The molecule has 1 amide bonds. The molecule has 4 nitrogen and oxygen atoms in total. The Labute approximate surface area is 108 Å². The number of carbonyl (C=O) groups is 1. The van der Waals surface area contributed by atoms with E-state index in [0.717, 1.165) is 24.3 Å². The smallest absolute Gasteiger partial charge is 0.243 e. The van der Waals surface area contributed by atoms with Gasteiger partial charge in [0.15, 0.2) is 0 Å². The number of amides is 1. The van der Waals surface area contributed by atoms with Crippen molar-refractivity contribution in [1.29, 1.82) is 0 Å². The van der Waals surface area contributed by atoms with Crippen LogP contribution in [0.1, 0.15) is 26.2 Å². The predicted octanol–water partition coefficient (Wildman–Crippen LogP) is 2.15. The first-order valence-electron chi connectivity index (χ1n) is 6.35. The maximum atomic E-state index is 11.9. The molecule has 1 aromatic carbocycles. The van der Waals surface area contributed by atoms with Crippen LogP contribution in [0, 0.1) is 5.92 Å². The molecule has 1 aliphatic rings. The fraction of sp³-hybridized carbons (Fsp3) is 0.500. The lowest BCUT2D eigenvalue weighted by Crippen LogP contribution is -2.52. The van der Waals surface area contributed by atoms with Crippen molar-refractivity contribution in [2.45, 2.75) is 31.7 Å². The van der Waals surface area contributed by atoms with Crippen LogP contribution in [0.25, 0.3) is 0 Å². The van der Waals surface area contributed by atoms with Crippen molar-refractivity contribution in [3.63, 3.8) is 0 Å². The van der Waals surface area contributed by atoms with Crippen LogP contribution in [-0.2, 0) is 4.79 Å². The number of ether oxygens (including phenoxy) is 1. The minimum Gasteiger partial charge on any atom is -0.495 e. The Morgan fingerprint density at radius 3 is 2.67 bits per heavy atom. The van der Waals surface area contributed by atoms with E-state index >= 15 is 0 Å². The minimum absolute atomic E-state index is 0.279. The van der Waals surface area contributed by atoms with Crippen LogP contribution in [-0.4, -0.2) is 18.6 Å². The van der Waals surface area contributed by atoms with Gasteiger partial charge < -0.3 is 15.8 Å². The summed E-state index contributed by atoms with van der Waals surface area (Å²) < 4.78 is 5.30. The zero-order chi connectivity index (χ0) is 13.2. The Kier molecular flexibility index (Phi) is 3.45. The van der Waals surface area contributed by atoms with Gasteiger partial charge in [0.05, 0.1) is 12.8 Å². The van der Waals surface area contributed by atoms with Gasteiger partial charge in [0.2, 0.25) is 5.91 Å². The zero-order valence-corrected chi connectivity index (χ0v) is 10.9. The summed E-state index contributed by atoms with van der Waals surface area (Å²) >= 11 is 0. The van der Waals surface area contributed by atoms with E-state index in [1.54, 1.807) is 7.11 Å². The number of anilines is 1. The lowest BCUT2D eigenvalue weighted by molar-refractivity contribution is -0.123. The number of hydrogen-bond acceptors (Lipinski definition) is 3. The summed E-state index contributed by atoms with van der Waals surface area (Å²) in [6.07, 6.45) is 2.79. The van der Waals surface area contributed by atoms with E-state index in [1.165, 1.54) is 0 Å². The van der Waals surface area contributed by atoms with Gasteiger partial charge >= 0.3 is 0 Å². The van der Waals surface area contributed by atoms with Crippen LogP contribution in [0.2, 0.25) is 0 Å². The number of nitrogens with two attached hydrogens (primary N) is 1. The molecule has 18 heavy (non-hydrogen) atoms. The molecule has 0 bridgehead atoms. The Morgan fingerprint density at radius 1 is 1.50 bits per heavy atom. The molecular weight excluding hydrogens is 228 g/mol. The van der Waals surface area contributed by atoms with Crippen LogP contribution in [0.5, 0.6) is 5.75 Å². The maximum absolute atomic E-state index is 11.9. The van der Waals surface area contributed by atoms with Gasteiger partial charge in [0, 0.05) is 0 Å². The molecule has 98 valence electrons. The van der Waals surface area contributed by atoms with E-state index in [4.69, 9.17) is 10.5 Å². The van der Waals surface area contributed by atoms with Crippen molar-refractivity contribution in [2.75, 3.05) is 12.4 Å². The normalized spacial score (nSPS) is 17.9. The maximum Gasteiger partial charge on any atom is 0.243 e. The number of para-hydroxylation sites is 2. The first kappa shape index (κ1) is 12.7. The number of carbonyl (C=O) groups excluding carboxylic acids is 1. The molecule has 2 rings (SSSR count). The van der Waals surface area contributed by atoms with E-state index in [1.807, 2.05) is 31.2 Å². The molecule has 3 N–H and O–H groups in total. The summed E-state index contributed by atoms with van der Waals surface area (Å²) in [5, 5.41) is 3.32. The summed E-state index contributed by atoms with van der Waals surface area (Å²) in [7, 11) is 1.62. The van der Waals surface area contributed by atoms with Crippen molar-refractivity contribution in [2.24, 2.45) is 11.7 Å². The first-order valence-corrected chi connectivity index (χ1v) is 6.35. The quantitative estimate of drug-likeness (QED) is 0.810. The van der Waals surface area contributed by atoms with Gasteiger partial charge in [0.25, 0.3) is 0 Å². The summed E-state index contributed by atoms with van der Waals surface area (Å²) in [4.78, 5) is 11.9. The molecule has 1 aliphatic carbocycles. The van der Waals surface area contributed by atoms with Crippen molar-refractivity contribution in [3.05, 3.63) is 24.3 Å². The SMILES string of the molecule is CCC(Nc1ccccc1OC)(C(N)=O)C1CC1. The number of nitrogens with one attached hydrogen (secondary N) is 1. The number of rotatable bonds is 6. The summed E-state index contributed by atoms with van der Waals surface area (Å²) in [5.41, 5.74) is 5.80. The van der Waals surface area contributed by atoms with E-state index in [2.05, 4.69) is 5.32 Å². The third-order valence-corrected chi connectivity index (χ3v) is 3.74. The Balaban J connectivity index is 2.31. The minimum atomic E-state index is -0.644. The Hall–Kier alpha value is -1.71. The van der Waals surface area contributed by atoms with Crippen LogP contribution >= 0.6 is 0 Å². The van der Waals surface area contributed by atoms with E-state index in [9.17, 15) is 4.79 Å². The third-order valence-electron chi connectivity index (χ3n) is 3.74. The van der Waals surface area contributed by atoms with E-state index in [-0.39, 0.29) is 5.91 Å². The second-order valence-corrected chi connectivity index (χ2v) is 4.79. The Morgan fingerprint density at radius 2 is 2.17 bits per heavy atom. The van der Waals surface area contributed by atoms with E-state index in [0.29, 0.717) is 12.3 Å². The van der Waals surface area contributed by atoms with Crippen LogP contribution in [0.3, 0.4) is 0 Å². The Bertz CT molecular complexity index is 443. The van der Waals surface area contributed by atoms with E-state index < -0.39 is 5.54 Å². The summed E-state index contributed by atoms with van der Waals surface area (Å²) in [6.45, 7) is 1.99. The monoisotopic (exact) mass is 248 g/mol. The summed E-state index contributed by atoms with van der Waals surface area (Å²) in [5.74, 6) is 0.792. The average Bonchev–Trinajstić information content (AvgIpc) is 3.20.